The van der Waals surface area contributed by atoms with Crippen molar-refractivity contribution in [2.75, 3.05) is 5.32 Å². The van der Waals surface area contributed by atoms with Crippen LogP contribution in [0, 0.1) is 18.7 Å². The summed E-state index contributed by atoms with van der Waals surface area (Å²) in [6, 6.07) is 5.93. The molecule has 2 bridgehead atoms. The Morgan fingerprint density at radius 2 is 2.18 bits per heavy atom. The van der Waals surface area contributed by atoms with Gasteiger partial charge in [0, 0.05) is 31.1 Å². The monoisotopic (exact) mass is 481 g/mol. The highest BCUT2D eigenvalue weighted by Crippen LogP contribution is 2.55. The number of hydrogen-bond acceptors (Lipinski definition) is 6. The zero-order valence-corrected chi connectivity index (χ0v) is 19.3. The van der Waals surface area contributed by atoms with Crippen LogP contribution in [-0.4, -0.2) is 41.8 Å². The summed E-state index contributed by atoms with van der Waals surface area (Å²) in [5.41, 5.74) is 0.543. The molecule has 2 amide bonds. The minimum Gasteiger partial charge on any atom is -0.423 e. The smallest absolute Gasteiger partial charge is 0.323 e. The van der Waals surface area contributed by atoms with Crippen molar-refractivity contribution in [3.05, 3.63) is 59.3 Å². The molecule has 1 saturated heterocycles. The fraction of sp³-hybridized carbons (Fsp3) is 0.348. The number of benzene rings is 1. The summed E-state index contributed by atoms with van der Waals surface area (Å²) in [6.45, 7) is 3.86. The third-order valence-corrected chi connectivity index (χ3v) is 7.04. The Kier molecular flexibility index (Phi) is 4.63. The van der Waals surface area contributed by atoms with Crippen molar-refractivity contribution in [3.8, 4) is 11.4 Å². The topological polar surface area (TPSA) is 101 Å². The quantitative estimate of drug-likeness (QED) is 0.450. The lowest BCUT2D eigenvalue weighted by molar-refractivity contribution is -0.110. The summed E-state index contributed by atoms with van der Waals surface area (Å²) in [4.78, 5) is 19.5. The van der Waals surface area contributed by atoms with E-state index < -0.39 is 17.4 Å². The molecule has 34 heavy (non-hydrogen) atoms. The van der Waals surface area contributed by atoms with Gasteiger partial charge in [-0.15, -0.1) is 15.3 Å². The number of carbonyl (C=O) groups is 1. The number of fused-ring (bicyclic) bond motifs is 3. The van der Waals surface area contributed by atoms with Gasteiger partial charge in [0.25, 0.3) is 0 Å². The van der Waals surface area contributed by atoms with Crippen molar-refractivity contribution >= 4 is 28.8 Å². The van der Waals surface area contributed by atoms with Crippen LogP contribution in [-0.2, 0) is 5.54 Å². The Morgan fingerprint density at radius 3 is 2.97 bits per heavy atom. The van der Waals surface area contributed by atoms with E-state index in [9.17, 15) is 9.18 Å². The Labute approximate surface area is 198 Å². The second-order valence-corrected chi connectivity index (χ2v) is 9.54. The normalized spacial score (nSPS) is 23.7. The molecule has 9 nitrogen and oxygen atoms in total. The number of nitrogens with zero attached hydrogens (tertiary/aromatic N) is 6. The fourth-order valence-corrected chi connectivity index (χ4v) is 5.62. The molecule has 1 aliphatic heterocycles. The molecule has 3 aromatic heterocycles. The standard InChI is InChI=1S/C23H21ClFN7O2/c1-12-6-15-10-23(9-12,21-29-28-13(2)34-21)32(15)22(33)27-19-7-16(17(24)8-18(19)25)20-26-11-14-4-3-5-31(14)30-20/h3-5,7-8,11-12,15H,6,9-10H2,1-2H3,(H,27,33)/t12-,15?,23-/m1/s1. The molecule has 4 heterocycles. The van der Waals surface area contributed by atoms with Gasteiger partial charge in [-0.2, -0.15) is 0 Å². The zero-order valence-electron chi connectivity index (χ0n) is 18.5. The number of urea groups is 1. The Bertz CT molecular complexity index is 1440. The number of carbonyl (C=O) groups excluding carboxylic acids is 1. The van der Waals surface area contributed by atoms with E-state index in [0.717, 1.165) is 24.4 Å². The van der Waals surface area contributed by atoms with Gasteiger partial charge in [0.1, 0.15) is 11.4 Å². The minimum atomic E-state index is -0.679. The van der Waals surface area contributed by atoms with Crippen LogP contribution in [0.15, 0.2) is 41.1 Å². The first kappa shape index (κ1) is 21.0. The van der Waals surface area contributed by atoms with Gasteiger partial charge in [0.2, 0.25) is 11.8 Å². The molecule has 2 fully saturated rings. The number of halogens is 2. The first-order chi connectivity index (χ1) is 16.3. The van der Waals surface area contributed by atoms with Gasteiger partial charge in [0.05, 0.1) is 22.4 Å². The molecule has 6 rings (SSSR count). The number of hydrogen-bond donors (Lipinski definition) is 1. The van der Waals surface area contributed by atoms with E-state index in [0.29, 0.717) is 35.5 Å². The third-order valence-electron chi connectivity index (χ3n) is 6.72. The number of likely N-dealkylation sites (tertiary alicyclic amines) is 1. The highest BCUT2D eigenvalue weighted by molar-refractivity contribution is 6.33. The second kappa shape index (κ2) is 7.49. The third kappa shape index (κ3) is 3.16. The number of rotatable bonds is 3. The van der Waals surface area contributed by atoms with Crippen LogP contribution < -0.4 is 5.32 Å². The van der Waals surface area contributed by atoms with Crippen LogP contribution >= 0.6 is 11.6 Å². The summed E-state index contributed by atoms with van der Waals surface area (Å²) < 4.78 is 22.2. The van der Waals surface area contributed by atoms with Gasteiger partial charge in [-0.3, -0.25) is 0 Å². The largest absolute Gasteiger partial charge is 0.423 e. The van der Waals surface area contributed by atoms with Gasteiger partial charge in [-0.05, 0) is 43.0 Å². The van der Waals surface area contributed by atoms with Gasteiger partial charge in [0.15, 0.2) is 5.82 Å². The molecule has 3 atom stereocenters. The average Bonchev–Trinajstić information content (AvgIpc) is 3.43. The Morgan fingerprint density at radius 1 is 1.32 bits per heavy atom. The molecule has 4 aromatic rings. The molecule has 1 unspecified atom stereocenters. The maximum absolute atomic E-state index is 14.9. The molecule has 1 aromatic carbocycles. The molecule has 1 aliphatic carbocycles. The maximum atomic E-state index is 14.9. The van der Waals surface area contributed by atoms with Crippen LogP contribution in [0.2, 0.25) is 5.02 Å². The van der Waals surface area contributed by atoms with Crippen LogP contribution in [0.4, 0.5) is 14.9 Å². The number of amides is 2. The molecule has 0 radical (unpaired) electrons. The van der Waals surface area contributed by atoms with Crippen molar-refractivity contribution in [2.24, 2.45) is 5.92 Å². The van der Waals surface area contributed by atoms with Gasteiger partial charge < -0.3 is 14.6 Å². The van der Waals surface area contributed by atoms with E-state index >= 15 is 0 Å². The molecular weight excluding hydrogens is 461 g/mol. The van der Waals surface area contributed by atoms with E-state index in [1.807, 2.05) is 12.1 Å². The summed E-state index contributed by atoms with van der Waals surface area (Å²) in [5, 5.41) is 15.5. The summed E-state index contributed by atoms with van der Waals surface area (Å²) in [6.07, 6.45) is 5.74. The Balaban J connectivity index is 1.33. The second-order valence-electron chi connectivity index (χ2n) is 9.13. The van der Waals surface area contributed by atoms with Gasteiger partial charge >= 0.3 is 6.03 Å². The lowest BCUT2D eigenvalue weighted by Gasteiger charge is -2.61. The zero-order chi connectivity index (χ0) is 23.6. The molecule has 1 N–H and O–H groups in total. The minimum absolute atomic E-state index is 0.00418. The van der Waals surface area contributed by atoms with E-state index in [1.54, 1.807) is 28.7 Å². The van der Waals surface area contributed by atoms with Crippen molar-refractivity contribution in [2.45, 2.75) is 44.7 Å². The molecule has 0 spiro atoms. The molecular formula is C23H21ClFN7O2. The highest BCUT2D eigenvalue weighted by Gasteiger charge is 2.62. The summed E-state index contributed by atoms with van der Waals surface area (Å²) >= 11 is 6.32. The van der Waals surface area contributed by atoms with Crippen molar-refractivity contribution in [3.63, 3.8) is 0 Å². The molecule has 174 valence electrons. The van der Waals surface area contributed by atoms with E-state index in [2.05, 4.69) is 32.5 Å². The Hall–Kier alpha value is -3.53. The number of nitrogens with one attached hydrogen (secondary N) is 1. The first-order valence-electron chi connectivity index (χ1n) is 11.0. The lowest BCUT2D eigenvalue weighted by Crippen LogP contribution is -2.70. The van der Waals surface area contributed by atoms with E-state index in [1.165, 1.54) is 6.07 Å². The molecule has 2 aliphatic rings. The van der Waals surface area contributed by atoms with Gasteiger partial charge in [-0.1, -0.05) is 18.5 Å². The number of piperidine rings is 1. The maximum Gasteiger partial charge on any atom is 0.323 e. The highest BCUT2D eigenvalue weighted by atomic mass is 35.5. The number of aromatic nitrogens is 5. The molecule has 1 saturated carbocycles. The fourth-order valence-electron chi connectivity index (χ4n) is 5.38. The average molecular weight is 482 g/mol. The van der Waals surface area contributed by atoms with Gasteiger partial charge in [-0.25, -0.2) is 18.7 Å². The van der Waals surface area contributed by atoms with E-state index in [-0.39, 0.29) is 16.8 Å². The number of aryl methyl sites for hydroxylation is 1. The SMILES string of the molecule is Cc1nnc([C@]23CC(C[C@@H](C)C2)N3C(=O)Nc2cc(-c3ncc4cccn4n3)c(Cl)cc2F)o1. The van der Waals surface area contributed by atoms with Crippen LogP contribution in [0.3, 0.4) is 0 Å². The first-order valence-corrected chi connectivity index (χ1v) is 11.4. The van der Waals surface area contributed by atoms with Crippen LogP contribution in [0.5, 0.6) is 0 Å². The van der Waals surface area contributed by atoms with Crippen LogP contribution in [0.1, 0.15) is 38.0 Å². The predicted octanol–water partition coefficient (Wildman–Crippen LogP) is 4.81. The van der Waals surface area contributed by atoms with Crippen molar-refractivity contribution in [1.82, 2.24) is 29.7 Å². The summed E-state index contributed by atoms with van der Waals surface area (Å²) in [5.74, 6) is 0.935. The van der Waals surface area contributed by atoms with Crippen LogP contribution in [0.25, 0.3) is 16.9 Å². The molecule has 11 heteroatoms. The lowest BCUT2D eigenvalue weighted by atomic mass is 9.64. The van der Waals surface area contributed by atoms with Crippen molar-refractivity contribution in [1.29, 1.82) is 0 Å². The summed E-state index contributed by atoms with van der Waals surface area (Å²) in [7, 11) is 0. The van der Waals surface area contributed by atoms with Crippen molar-refractivity contribution < 1.29 is 13.6 Å². The number of anilines is 1. The predicted molar refractivity (Wildman–Crippen MR) is 122 cm³/mol. The van der Waals surface area contributed by atoms with E-state index in [4.69, 9.17) is 16.0 Å².